The number of piperidine rings is 1. The van der Waals surface area contributed by atoms with Gasteiger partial charge in [0.15, 0.2) is 11.4 Å². The van der Waals surface area contributed by atoms with Gasteiger partial charge in [-0.05, 0) is 51.0 Å². The Balaban J connectivity index is 1.37. The fourth-order valence-electron chi connectivity index (χ4n) is 5.01. The summed E-state index contributed by atoms with van der Waals surface area (Å²) in [5.74, 6) is -1.44. The Kier molecular flexibility index (Phi) is 8.33. The standard InChI is InChI=1S/C29H28Cl2N6O5/c1-3-42-28(41)29(16-19-17-36(34-32-19)22-6-4-5-21(30)25(22)31)11-13-35(14-12-29)27(40)26-23(38)15-24(39)37(33-26)20-9-7-18(2)8-10-20/h4-10,15,17,38H,3,11-14,16H2,1-2H3. The number of ether oxygens (including phenoxy) is 1. The maximum Gasteiger partial charge on any atom is 0.312 e. The van der Waals surface area contributed by atoms with Gasteiger partial charge in [-0.2, -0.15) is 9.78 Å². The van der Waals surface area contributed by atoms with E-state index < -0.39 is 22.6 Å². The molecule has 11 nitrogen and oxygen atoms in total. The number of carbonyl (C=O) groups excluding carboxylic acids is 2. The number of nitrogens with zero attached hydrogens (tertiary/aromatic N) is 6. The highest BCUT2D eigenvalue weighted by Crippen LogP contribution is 2.37. The SMILES string of the molecule is CCOC(=O)C1(Cc2cn(-c3cccc(Cl)c3Cl)nn2)CCN(C(=O)c2nn(-c3ccc(C)cc3)c(=O)cc2O)CC1. The van der Waals surface area contributed by atoms with Crippen molar-refractivity contribution in [2.75, 3.05) is 19.7 Å². The molecule has 1 amide bonds. The summed E-state index contributed by atoms with van der Waals surface area (Å²) in [4.78, 5) is 40.8. The summed E-state index contributed by atoms with van der Waals surface area (Å²) in [5.41, 5.74) is 0.779. The molecule has 1 saturated heterocycles. The first kappa shape index (κ1) is 29.3. The van der Waals surface area contributed by atoms with E-state index in [2.05, 4.69) is 15.4 Å². The summed E-state index contributed by atoms with van der Waals surface area (Å²) in [5, 5.41) is 23.8. The zero-order valence-corrected chi connectivity index (χ0v) is 24.5. The van der Waals surface area contributed by atoms with E-state index in [1.165, 1.54) is 9.58 Å². The Hall–Kier alpha value is -4.22. The average Bonchev–Trinajstić information content (AvgIpc) is 3.43. The first-order chi connectivity index (χ1) is 20.1. The van der Waals surface area contributed by atoms with E-state index in [9.17, 15) is 19.5 Å². The van der Waals surface area contributed by atoms with Crippen molar-refractivity contribution in [2.24, 2.45) is 5.41 Å². The molecule has 2 aromatic carbocycles. The minimum Gasteiger partial charge on any atom is -0.505 e. The Labute approximate surface area is 251 Å². The summed E-state index contributed by atoms with van der Waals surface area (Å²) < 4.78 is 8.02. The van der Waals surface area contributed by atoms with Crippen LogP contribution >= 0.6 is 23.2 Å². The third kappa shape index (κ3) is 5.75. The van der Waals surface area contributed by atoms with E-state index in [1.54, 1.807) is 43.5 Å². The lowest BCUT2D eigenvalue weighted by molar-refractivity contribution is -0.158. The van der Waals surface area contributed by atoms with E-state index >= 15 is 0 Å². The van der Waals surface area contributed by atoms with Gasteiger partial charge in [0.1, 0.15) is 0 Å². The number of halogens is 2. The molecule has 4 aromatic rings. The fourth-order valence-corrected chi connectivity index (χ4v) is 5.39. The number of aryl methyl sites for hydroxylation is 1. The minimum absolute atomic E-state index is 0.191. The third-order valence-corrected chi connectivity index (χ3v) is 8.16. The van der Waals surface area contributed by atoms with Crippen molar-refractivity contribution in [1.82, 2.24) is 29.7 Å². The van der Waals surface area contributed by atoms with Crippen molar-refractivity contribution < 1.29 is 19.4 Å². The second-order valence-corrected chi connectivity index (χ2v) is 10.9. The van der Waals surface area contributed by atoms with Gasteiger partial charge in [0.2, 0.25) is 0 Å². The van der Waals surface area contributed by atoms with Crippen LogP contribution in [0.4, 0.5) is 0 Å². The molecule has 1 aliphatic rings. The molecule has 1 N–H and O–H groups in total. The molecule has 0 atom stereocenters. The van der Waals surface area contributed by atoms with Crippen molar-refractivity contribution in [2.45, 2.75) is 33.1 Å². The number of carbonyl (C=O) groups is 2. The molecule has 1 aliphatic heterocycles. The van der Waals surface area contributed by atoms with E-state index in [0.717, 1.165) is 16.3 Å². The number of rotatable bonds is 7. The predicted molar refractivity (Wildman–Crippen MR) is 156 cm³/mol. The number of benzene rings is 2. The average molecular weight is 611 g/mol. The van der Waals surface area contributed by atoms with Crippen molar-refractivity contribution in [3.8, 4) is 17.1 Å². The smallest absolute Gasteiger partial charge is 0.312 e. The molecule has 3 heterocycles. The molecular weight excluding hydrogens is 583 g/mol. The molecule has 218 valence electrons. The molecule has 0 saturated carbocycles. The van der Waals surface area contributed by atoms with Gasteiger partial charge in [-0.1, -0.05) is 52.2 Å². The van der Waals surface area contributed by atoms with Crippen molar-refractivity contribution in [1.29, 1.82) is 0 Å². The van der Waals surface area contributed by atoms with Gasteiger partial charge in [-0.25, -0.2) is 4.68 Å². The molecule has 5 rings (SSSR count). The van der Waals surface area contributed by atoms with Gasteiger partial charge in [0.25, 0.3) is 11.5 Å². The van der Waals surface area contributed by atoms with Crippen LogP contribution in [-0.4, -0.2) is 66.4 Å². The van der Waals surface area contributed by atoms with Crippen LogP contribution in [0.1, 0.15) is 41.5 Å². The van der Waals surface area contributed by atoms with Gasteiger partial charge >= 0.3 is 5.97 Å². The lowest BCUT2D eigenvalue weighted by Gasteiger charge is -2.39. The van der Waals surface area contributed by atoms with E-state index in [1.807, 2.05) is 19.1 Å². The minimum atomic E-state index is -0.956. The fraction of sp³-hybridized carbons (Fsp3) is 0.310. The third-order valence-electron chi connectivity index (χ3n) is 7.35. The first-order valence-electron chi connectivity index (χ1n) is 13.3. The summed E-state index contributed by atoms with van der Waals surface area (Å²) in [7, 11) is 0. The number of amides is 1. The van der Waals surface area contributed by atoms with Gasteiger partial charge in [-0.3, -0.25) is 14.4 Å². The van der Waals surface area contributed by atoms with Crippen LogP contribution in [-0.2, 0) is 16.0 Å². The molecule has 0 radical (unpaired) electrons. The summed E-state index contributed by atoms with van der Waals surface area (Å²) in [6.45, 7) is 4.23. The molecule has 1 fully saturated rings. The molecule has 2 aromatic heterocycles. The van der Waals surface area contributed by atoms with Crippen molar-refractivity contribution in [3.63, 3.8) is 0 Å². The van der Waals surface area contributed by atoms with Gasteiger partial charge in [-0.15, -0.1) is 5.10 Å². The molecule has 0 spiro atoms. The van der Waals surface area contributed by atoms with Crippen LogP contribution in [0.2, 0.25) is 10.0 Å². The highest BCUT2D eigenvalue weighted by atomic mass is 35.5. The molecule has 0 aliphatic carbocycles. The van der Waals surface area contributed by atoms with E-state index in [-0.39, 0.29) is 50.6 Å². The van der Waals surface area contributed by atoms with Crippen LogP contribution in [0.3, 0.4) is 0 Å². The van der Waals surface area contributed by atoms with E-state index in [0.29, 0.717) is 27.1 Å². The Morgan fingerprint density at radius 1 is 1.10 bits per heavy atom. The maximum absolute atomic E-state index is 13.5. The highest BCUT2D eigenvalue weighted by molar-refractivity contribution is 6.43. The van der Waals surface area contributed by atoms with Crippen LogP contribution in [0.5, 0.6) is 5.75 Å². The zero-order chi connectivity index (χ0) is 30.0. The topological polar surface area (TPSA) is 132 Å². The van der Waals surface area contributed by atoms with E-state index in [4.69, 9.17) is 27.9 Å². The Morgan fingerprint density at radius 2 is 1.81 bits per heavy atom. The quantitative estimate of drug-likeness (QED) is 0.308. The number of hydrogen-bond acceptors (Lipinski definition) is 8. The Morgan fingerprint density at radius 3 is 2.50 bits per heavy atom. The number of aromatic hydroxyl groups is 1. The normalized spacial score (nSPS) is 14.5. The van der Waals surface area contributed by atoms with Crippen LogP contribution < -0.4 is 5.56 Å². The summed E-state index contributed by atoms with van der Waals surface area (Å²) >= 11 is 12.5. The summed E-state index contributed by atoms with van der Waals surface area (Å²) in [6, 6.07) is 13.2. The molecule has 0 bridgehead atoms. The van der Waals surface area contributed by atoms with Gasteiger partial charge in [0.05, 0.1) is 45.3 Å². The monoisotopic (exact) mass is 610 g/mol. The molecule has 13 heteroatoms. The van der Waals surface area contributed by atoms with Gasteiger partial charge in [0, 0.05) is 25.6 Å². The lowest BCUT2D eigenvalue weighted by Crippen LogP contribution is -2.48. The first-order valence-corrected chi connectivity index (χ1v) is 14.1. The number of hydrogen-bond donors (Lipinski definition) is 1. The Bertz CT molecular complexity index is 1690. The van der Waals surface area contributed by atoms with Crippen LogP contribution in [0, 0.1) is 12.3 Å². The zero-order valence-electron chi connectivity index (χ0n) is 23.0. The van der Waals surface area contributed by atoms with Crippen LogP contribution in [0.15, 0.2) is 59.5 Å². The lowest BCUT2D eigenvalue weighted by atomic mass is 9.74. The molecule has 42 heavy (non-hydrogen) atoms. The maximum atomic E-state index is 13.5. The highest BCUT2D eigenvalue weighted by Gasteiger charge is 2.45. The number of esters is 1. The second kappa shape index (κ2) is 11.9. The van der Waals surface area contributed by atoms with Crippen LogP contribution in [0.25, 0.3) is 11.4 Å². The largest absolute Gasteiger partial charge is 0.505 e. The summed E-state index contributed by atoms with van der Waals surface area (Å²) in [6.07, 6.45) is 2.47. The number of aromatic nitrogens is 5. The van der Waals surface area contributed by atoms with Crippen molar-refractivity contribution >= 4 is 35.1 Å². The van der Waals surface area contributed by atoms with Gasteiger partial charge < -0.3 is 14.7 Å². The van der Waals surface area contributed by atoms with Crippen molar-refractivity contribution in [3.05, 3.63) is 92.1 Å². The number of likely N-dealkylation sites (tertiary alicyclic amines) is 1. The second-order valence-electron chi connectivity index (χ2n) is 10.2. The molecular formula is C29H28Cl2N6O5. The molecule has 0 unspecified atom stereocenters. The predicted octanol–water partition coefficient (Wildman–Crippen LogP) is 4.16.